The number of hydrogen-bond donors (Lipinski definition) is 16. The number of esters is 3. The quantitative estimate of drug-likeness (QED) is 0.0472. The van der Waals surface area contributed by atoms with Crippen molar-refractivity contribution in [3.63, 3.8) is 0 Å². The summed E-state index contributed by atoms with van der Waals surface area (Å²) in [6, 6.07) is 2.45. The van der Waals surface area contributed by atoms with E-state index in [1.165, 1.54) is 0 Å². The van der Waals surface area contributed by atoms with E-state index in [1.54, 1.807) is 0 Å². The Balaban J connectivity index is 1.32. The van der Waals surface area contributed by atoms with Gasteiger partial charge in [-0.2, -0.15) is 0 Å². The fourth-order valence-corrected chi connectivity index (χ4v) is 7.60. The third-order valence-corrected chi connectivity index (χ3v) is 10.8. The molecule has 67 heavy (non-hydrogen) atoms. The average Bonchev–Trinajstić information content (AvgIpc) is 3.29. The summed E-state index contributed by atoms with van der Waals surface area (Å²) >= 11 is 0. The van der Waals surface area contributed by atoms with Crippen LogP contribution in [-0.2, 0) is 14.2 Å². The molecule has 0 radical (unpaired) electrons. The Bertz CT molecular complexity index is 3400. The molecule has 3 heterocycles. The minimum atomic E-state index is -3.01. The number of carbonyl (C=O) groups is 3. The molecule has 5 aromatic carbocycles. The molecule has 0 saturated heterocycles. The average molecular weight is 937 g/mol. The first-order chi connectivity index (χ1) is 31.5. The zero-order valence-corrected chi connectivity index (χ0v) is 32.7. The molecule has 16 N–H and O–H groups in total. The van der Waals surface area contributed by atoms with Crippen LogP contribution >= 0.6 is 0 Å². The van der Waals surface area contributed by atoms with E-state index in [4.69, 9.17) is 23.0 Å². The van der Waals surface area contributed by atoms with Gasteiger partial charge in [0, 0.05) is 33.5 Å². The number of hydrogen-bond acceptors (Lipinski definition) is 26. The molecule has 1 aliphatic heterocycles. The van der Waals surface area contributed by atoms with Gasteiger partial charge in [-0.25, -0.2) is 14.4 Å². The van der Waals surface area contributed by atoms with Gasteiger partial charge in [0.05, 0.1) is 22.1 Å². The highest BCUT2D eigenvalue weighted by Gasteiger charge is 2.46. The minimum Gasteiger partial charge on any atom is -0.504 e. The molecule has 26 heteroatoms. The van der Waals surface area contributed by atoms with Crippen molar-refractivity contribution in [2.24, 2.45) is 0 Å². The second-order valence-corrected chi connectivity index (χ2v) is 14.7. The number of benzene rings is 5. The Hall–Kier alpha value is -9.27. The standard InChI is InChI=1S/C41H28O26/c42-10-1-7(2-11(43)24(10)47)37(58)65-16-6-63-38(59)8-3-12(44)26(49)28(51)17(8)18-9(4-13(45)27(50)29(18)52)39(60)66-35(16)34(57)32(55)30(53)22-21-20-19-15(64-40(21)61)5-14(46)25(48)23(19)41(62)67-36(20)33(56)31(22)54/h1-5,16,30,32,34-35,42-47,49-55,57,61-62H,6H2. The van der Waals surface area contributed by atoms with Gasteiger partial charge < -0.3 is 105 Å². The van der Waals surface area contributed by atoms with E-state index in [0.717, 1.165) is 0 Å². The number of rotatable bonds is 6. The molecule has 1 aliphatic rings. The fourth-order valence-electron chi connectivity index (χ4n) is 7.60. The lowest BCUT2D eigenvalue weighted by molar-refractivity contribution is -0.146. The van der Waals surface area contributed by atoms with Crippen molar-refractivity contribution in [3.05, 3.63) is 73.0 Å². The van der Waals surface area contributed by atoms with Gasteiger partial charge in [0.2, 0.25) is 16.9 Å². The molecule has 26 nitrogen and oxygen atoms in total. The summed E-state index contributed by atoms with van der Waals surface area (Å²) in [5, 5.41) is 169. The first kappa shape index (κ1) is 44.3. The molecule has 0 saturated carbocycles. The summed E-state index contributed by atoms with van der Waals surface area (Å²) in [5.74, 6) is -22.4. The summed E-state index contributed by atoms with van der Waals surface area (Å²) in [6.45, 7) is -1.47. The van der Waals surface area contributed by atoms with Crippen molar-refractivity contribution in [2.45, 2.75) is 30.5 Å². The number of cyclic esters (lactones) is 2. The molecule has 5 atom stereocenters. The Labute approximate surface area is 365 Å². The molecule has 2 aromatic heterocycles. The summed E-state index contributed by atoms with van der Waals surface area (Å²) < 4.78 is 26.3. The largest absolute Gasteiger partial charge is 0.504 e. The summed E-state index contributed by atoms with van der Waals surface area (Å²) in [5.41, 5.74) is -11.1. The van der Waals surface area contributed by atoms with Crippen LogP contribution in [0.4, 0.5) is 0 Å². The third kappa shape index (κ3) is 6.66. The smallest absolute Gasteiger partial charge is 0.339 e. The van der Waals surface area contributed by atoms with Crippen LogP contribution in [0.2, 0.25) is 0 Å². The van der Waals surface area contributed by atoms with Crippen molar-refractivity contribution in [3.8, 4) is 86.3 Å². The van der Waals surface area contributed by atoms with Gasteiger partial charge in [-0.05, 0) is 24.3 Å². The maximum Gasteiger partial charge on any atom is 0.339 e. The van der Waals surface area contributed by atoms with Gasteiger partial charge >= 0.3 is 17.9 Å². The lowest BCUT2D eigenvalue weighted by Crippen LogP contribution is -2.52. The van der Waals surface area contributed by atoms with Crippen LogP contribution in [-0.4, -0.2) is 131 Å². The highest BCUT2D eigenvalue weighted by atomic mass is 16.6. The molecule has 0 amide bonds. The van der Waals surface area contributed by atoms with E-state index >= 15 is 0 Å². The highest BCUT2D eigenvalue weighted by Crippen LogP contribution is 2.53. The zero-order valence-electron chi connectivity index (χ0n) is 32.7. The summed E-state index contributed by atoms with van der Waals surface area (Å²) in [6.07, 6.45) is -14.3. The van der Waals surface area contributed by atoms with Gasteiger partial charge in [0.15, 0.2) is 69.5 Å². The first-order valence-electron chi connectivity index (χ1n) is 18.6. The summed E-state index contributed by atoms with van der Waals surface area (Å²) in [7, 11) is 0. The molecule has 0 spiro atoms. The number of aliphatic hydroxyl groups excluding tert-OH is 3. The molecule has 348 valence electrons. The number of aromatic hydroxyl groups is 13. The van der Waals surface area contributed by atoms with E-state index in [1.807, 2.05) is 0 Å². The molecule has 0 bridgehead atoms. The SMILES string of the molecule is O=C(OC1COC(=O)c2cc(O)c(O)c(O)c2-c2c(cc(O)c(O)c2O)C(=O)OC1C(O)C(O)C(O)c1c(O)c(=O)c2oc(O)c3c(=O)c(O)cc4oc(O)c1c2c43)c1cc(O)c(O)c(O)c1. The van der Waals surface area contributed by atoms with Crippen molar-refractivity contribution < 1.29 is 119 Å². The lowest BCUT2D eigenvalue weighted by atomic mass is 9.90. The number of phenolic OH excluding ortho intramolecular Hbond substituents is 11. The van der Waals surface area contributed by atoms with Crippen molar-refractivity contribution in [1.29, 1.82) is 0 Å². The number of aliphatic hydroxyl groups is 3. The van der Waals surface area contributed by atoms with Gasteiger partial charge in [0.25, 0.3) is 17.3 Å². The van der Waals surface area contributed by atoms with Crippen LogP contribution in [0.15, 0.2) is 48.8 Å². The molecular weight excluding hydrogens is 908 g/mol. The first-order valence-corrected chi connectivity index (χ1v) is 18.6. The van der Waals surface area contributed by atoms with Crippen LogP contribution in [0.1, 0.15) is 42.7 Å². The van der Waals surface area contributed by atoms with Gasteiger partial charge in [-0.3, -0.25) is 9.59 Å². The van der Waals surface area contributed by atoms with Crippen LogP contribution < -0.4 is 10.9 Å². The van der Waals surface area contributed by atoms with Crippen molar-refractivity contribution in [2.75, 3.05) is 6.61 Å². The van der Waals surface area contributed by atoms with E-state index in [-0.39, 0.29) is 0 Å². The number of phenols is 11. The molecule has 0 aliphatic carbocycles. The monoisotopic (exact) mass is 936 g/mol. The van der Waals surface area contributed by atoms with Crippen LogP contribution in [0, 0.1) is 0 Å². The predicted octanol–water partition coefficient (Wildman–Crippen LogP) is 0.707. The Morgan fingerprint density at radius 3 is 1.69 bits per heavy atom. The maximum absolute atomic E-state index is 14.3. The second-order valence-electron chi connectivity index (χ2n) is 14.7. The van der Waals surface area contributed by atoms with Gasteiger partial charge in [-0.15, -0.1) is 0 Å². The second kappa shape index (κ2) is 15.5. The van der Waals surface area contributed by atoms with Crippen LogP contribution in [0.3, 0.4) is 0 Å². The van der Waals surface area contributed by atoms with Crippen LogP contribution in [0.25, 0.3) is 43.8 Å². The third-order valence-electron chi connectivity index (χ3n) is 10.8. The normalized spacial score (nSPS) is 16.7. The van der Waals surface area contributed by atoms with Gasteiger partial charge in [0.1, 0.15) is 35.9 Å². The van der Waals surface area contributed by atoms with Crippen LogP contribution in [0.5, 0.6) is 75.1 Å². The van der Waals surface area contributed by atoms with E-state index in [0.29, 0.717) is 30.3 Å². The Morgan fingerprint density at radius 2 is 1.10 bits per heavy atom. The maximum atomic E-state index is 14.3. The highest BCUT2D eigenvalue weighted by molar-refractivity contribution is 6.23. The van der Waals surface area contributed by atoms with E-state index in [9.17, 15) is 106 Å². The lowest BCUT2D eigenvalue weighted by Gasteiger charge is -2.34. The topological polar surface area (TPSA) is 463 Å². The number of ether oxygens (including phenoxy) is 3. The number of carbonyl (C=O) groups excluding carboxylic acids is 3. The van der Waals surface area contributed by atoms with E-state index < -0.39 is 207 Å². The molecule has 8 rings (SSSR count). The van der Waals surface area contributed by atoms with Crippen molar-refractivity contribution in [1.82, 2.24) is 0 Å². The van der Waals surface area contributed by atoms with E-state index in [2.05, 4.69) is 0 Å². The van der Waals surface area contributed by atoms with Gasteiger partial charge in [-0.1, -0.05) is 0 Å². The molecule has 0 fully saturated rings. The molecular formula is C41H28O26. The zero-order chi connectivity index (χ0) is 49.0. The minimum absolute atomic E-state index is 0.335. The molecule has 7 aromatic rings. The Morgan fingerprint density at radius 1 is 0.567 bits per heavy atom. The van der Waals surface area contributed by atoms with Crippen molar-refractivity contribution >= 4 is 50.6 Å². The predicted molar refractivity (Wildman–Crippen MR) is 213 cm³/mol. The Kier molecular flexibility index (Phi) is 10.2. The number of fused-ring (bicyclic) bond motifs is 3. The fraction of sp³-hybridized carbons (Fsp3) is 0.146. The summed E-state index contributed by atoms with van der Waals surface area (Å²) in [4.78, 5) is 68.1. The molecule has 5 unspecified atom stereocenters.